The van der Waals surface area contributed by atoms with Crippen molar-refractivity contribution in [1.82, 2.24) is 10.2 Å². The summed E-state index contributed by atoms with van der Waals surface area (Å²) >= 11 is 0. The third kappa shape index (κ3) is 7.87. The Labute approximate surface area is 214 Å². The van der Waals surface area contributed by atoms with Crippen LogP contribution in [0.4, 0.5) is 0 Å². The molecule has 6 nitrogen and oxygen atoms in total. The van der Waals surface area contributed by atoms with Crippen molar-refractivity contribution in [2.45, 2.75) is 52.2 Å². The average molecular weight is 489 g/mol. The predicted molar refractivity (Wildman–Crippen MR) is 142 cm³/mol. The van der Waals surface area contributed by atoms with Gasteiger partial charge in [0.2, 0.25) is 5.91 Å². The van der Waals surface area contributed by atoms with E-state index in [1.54, 1.807) is 12.0 Å². The Kier molecular flexibility index (Phi) is 9.92. The SMILES string of the molecule is CCc1ccc(OCC(=O)N(Cc2cccc(OC)c2)C(Cc2ccccc2)C(=O)NC(C)C)cc1. The molecule has 1 atom stereocenters. The minimum absolute atomic E-state index is 0.0575. The Bertz CT molecular complexity index is 1110. The van der Waals surface area contributed by atoms with Crippen molar-refractivity contribution < 1.29 is 19.1 Å². The van der Waals surface area contributed by atoms with Crippen molar-refractivity contribution in [3.05, 3.63) is 95.6 Å². The molecule has 0 saturated heterocycles. The summed E-state index contributed by atoms with van der Waals surface area (Å²) in [6.45, 7) is 5.99. The fraction of sp³-hybridized carbons (Fsp3) is 0.333. The van der Waals surface area contributed by atoms with E-state index in [-0.39, 0.29) is 31.0 Å². The first-order valence-electron chi connectivity index (χ1n) is 12.4. The van der Waals surface area contributed by atoms with Crippen LogP contribution in [0.2, 0.25) is 0 Å². The van der Waals surface area contributed by atoms with Gasteiger partial charge in [0.25, 0.3) is 5.91 Å². The highest BCUT2D eigenvalue weighted by atomic mass is 16.5. The number of hydrogen-bond acceptors (Lipinski definition) is 4. The zero-order valence-corrected chi connectivity index (χ0v) is 21.6. The van der Waals surface area contributed by atoms with Crippen molar-refractivity contribution in [1.29, 1.82) is 0 Å². The molecule has 0 radical (unpaired) electrons. The molecule has 2 amide bonds. The van der Waals surface area contributed by atoms with Crippen LogP contribution in [-0.2, 0) is 29.0 Å². The van der Waals surface area contributed by atoms with Crippen LogP contribution in [0.5, 0.6) is 11.5 Å². The van der Waals surface area contributed by atoms with Gasteiger partial charge in [-0.05, 0) is 61.2 Å². The van der Waals surface area contributed by atoms with Gasteiger partial charge in [0.1, 0.15) is 17.5 Å². The van der Waals surface area contributed by atoms with Crippen LogP contribution in [0, 0.1) is 0 Å². The van der Waals surface area contributed by atoms with E-state index >= 15 is 0 Å². The Hall–Kier alpha value is -3.80. The second-order valence-corrected chi connectivity index (χ2v) is 9.03. The van der Waals surface area contributed by atoms with Gasteiger partial charge < -0.3 is 19.7 Å². The largest absolute Gasteiger partial charge is 0.497 e. The lowest BCUT2D eigenvalue weighted by Gasteiger charge is -2.32. The summed E-state index contributed by atoms with van der Waals surface area (Å²) in [5, 5.41) is 2.99. The Balaban J connectivity index is 1.90. The van der Waals surface area contributed by atoms with Gasteiger partial charge in [-0.15, -0.1) is 0 Å². The number of benzene rings is 3. The third-order valence-electron chi connectivity index (χ3n) is 5.88. The van der Waals surface area contributed by atoms with E-state index in [1.165, 1.54) is 5.56 Å². The van der Waals surface area contributed by atoms with E-state index in [4.69, 9.17) is 9.47 Å². The number of ether oxygens (including phenoxy) is 2. The average Bonchev–Trinajstić information content (AvgIpc) is 2.89. The lowest BCUT2D eigenvalue weighted by molar-refractivity contribution is -0.143. The van der Waals surface area contributed by atoms with Crippen molar-refractivity contribution >= 4 is 11.8 Å². The zero-order chi connectivity index (χ0) is 25.9. The predicted octanol–water partition coefficient (Wildman–Crippen LogP) is 4.80. The van der Waals surface area contributed by atoms with Crippen LogP contribution < -0.4 is 14.8 Å². The summed E-state index contributed by atoms with van der Waals surface area (Å²) in [6, 6.07) is 24.2. The Morgan fingerprint density at radius 1 is 0.861 bits per heavy atom. The van der Waals surface area contributed by atoms with Gasteiger partial charge >= 0.3 is 0 Å². The molecule has 0 aromatic heterocycles. The van der Waals surface area contributed by atoms with Crippen LogP contribution in [0.1, 0.15) is 37.5 Å². The summed E-state index contributed by atoms with van der Waals surface area (Å²) in [6.07, 6.45) is 1.32. The van der Waals surface area contributed by atoms with Crippen LogP contribution in [-0.4, -0.2) is 42.5 Å². The maximum Gasteiger partial charge on any atom is 0.261 e. The number of carbonyl (C=O) groups is 2. The number of carbonyl (C=O) groups excluding carboxylic acids is 2. The first-order valence-corrected chi connectivity index (χ1v) is 12.4. The minimum Gasteiger partial charge on any atom is -0.497 e. The van der Waals surface area contributed by atoms with E-state index in [0.29, 0.717) is 17.9 Å². The molecule has 0 heterocycles. The van der Waals surface area contributed by atoms with Gasteiger partial charge in [0, 0.05) is 19.0 Å². The highest BCUT2D eigenvalue weighted by Gasteiger charge is 2.31. The Morgan fingerprint density at radius 3 is 2.19 bits per heavy atom. The number of nitrogens with one attached hydrogen (secondary N) is 1. The van der Waals surface area contributed by atoms with Gasteiger partial charge in [-0.3, -0.25) is 9.59 Å². The molecule has 0 spiro atoms. The molecule has 3 aromatic carbocycles. The van der Waals surface area contributed by atoms with Gasteiger partial charge in [-0.25, -0.2) is 0 Å². The van der Waals surface area contributed by atoms with E-state index < -0.39 is 6.04 Å². The summed E-state index contributed by atoms with van der Waals surface area (Å²) in [5.41, 5.74) is 3.04. The first-order chi connectivity index (χ1) is 17.4. The smallest absolute Gasteiger partial charge is 0.261 e. The lowest BCUT2D eigenvalue weighted by atomic mass is 10.0. The Morgan fingerprint density at radius 2 is 1.56 bits per heavy atom. The molecule has 0 aliphatic rings. The van der Waals surface area contributed by atoms with E-state index in [0.717, 1.165) is 17.5 Å². The minimum atomic E-state index is -0.709. The van der Waals surface area contributed by atoms with E-state index in [2.05, 4.69) is 12.2 Å². The second-order valence-electron chi connectivity index (χ2n) is 9.03. The highest BCUT2D eigenvalue weighted by Crippen LogP contribution is 2.19. The van der Waals surface area contributed by atoms with E-state index in [9.17, 15) is 9.59 Å². The third-order valence-corrected chi connectivity index (χ3v) is 5.88. The van der Waals surface area contributed by atoms with Crippen molar-refractivity contribution in [3.63, 3.8) is 0 Å². The molecule has 0 aliphatic heterocycles. The second kappa shape index (κ2) is 13.3. The number of nitrogens with zero attached hydrogens (tertiary/aromatic N) is 1. The van der Waals surface area contributed by atoms with Gasteiger partial charge in [0.05, 0.1) is 7.11 Å². The fourth-order valence-electron chi connectivity index (χ4n) is 3.95. The summed E-state index contributed by atoms with van der Waals surface area (Å²) in [7, 11) is 1.61. The van der Waals surface area contributed by atoms with Gasteiger partial charge in [-0.2, -0.15) is 0 Å². The summed E-state index contributed by atoms with van der Waals surface area (Å²) in [5.74, 6) is 0.848. The van der Waals surface area contributed by atoms with Crippen LogP contribution in [0.15, 0.2) is 78.9 Å². The maximum atomic E-state index is 13.6. The van der Waals surface area contributed by atoms with E-state index in [1.807, 2.05) is 92.7 Å². The fourth-order valence-corrected chi connectivity index (χ4v) is 3.95. The van der Waals surface area contributed by atoms with Crippen molar-refractivity contribution in [2.24, 2.45) is 0 Å². The number of rotatable bonds is 12. The molecule has 3 rings (SSSR count). The molecule has 1 unspecified atom stereocenters. The lowest BCUT2D eigenvalue weighted by Crippen LogP contribution is -2.52. The molecule has 36 heavy (non-hydrogen) atoms. The topological polar surface area (TPSA) is 67.9 Å². The standard InChI is InChI=1S/C30H36N2O4/c1-5-23-14-16-26(17-15-23)36-21-29(33)32(20-25-12-9-13-27(18-25)35-4)28(30(34)31-22(2)3)19-24-10-7-6-8-11-24/h6-18,22,28H,5,19-21H2,1-4H3,(H,31,34). The highest BCUT2D eigenvalue weighted by molar-refractivity contribution is 5.88. The zero-order valence-electron chi connectivity index (χ0n) is 21.6. The quantitative estimate of drug-likeness (QED) is 0.398. The summed E-state index contributed by atoms with van der Waals surface area (Å²) < 4.78 is 11.2. The molecule has 190 valence electrons. The number of methoxy groups -OCH3 is 1. The van der Waals surface area contributed by atoms with Crippen LogP contribution in [0.25, 0.3) is 0 Å². The molecule has 1 N–H and O–H groups in total. The number of hydrogen-bond donors (Lipinski definition) is 1. The van der Waals surface area contributed by atoms with Gasteiger partial charge in [0.15, 0.2) is 6.61 Å². The number of aryl methyl sites for hydroxylation is 1. The molecular formula is C30H36N2O4. The molecule has 0 aliphatic carbocycles. The monoisotopic (exact) mass is 488 g/mol. The van der Waals surface area contributed by atoms with Crippen LogP contribution in [0.3, 0.4) is 0 Å². The normalized spacial score (nSPS) is 11.6. The first kappa shape index (κ1) is 26.8. The molecule has 3 aromatic rings. The van der Waals surface area contributed by atoms with Crippen molar-refractivity contribution in [3.8, 4) is 11.5 Å². The molecular weight excluding hydrogens is 452 g/mol. The molecule has 0 fully saturated rings. The molecule has 6 heteroatoms. The maximum absolute atomic E-state index is 13.6. The van der Waals surface area contributed by atoms with Gasteiger partial charge in [-0.1, -0.05) is 61.5 Å². The van der Waals surface area contributed by atoms with Crippen LogP contribution >= 0.6 is 0 Å². The summed E-state index contributed by atoms with van der Waals surface area (Å²) in [4.78, 5) is 28.6. The van der Waals surface area contributed by atoms with Crippen molar-refractivity contribution in [2.75, 3.05) is 13.7 Å². The molecule has 0 saturated carbocycles. The number of amides is 2. The molecule has 0 bridgehead atoms.